The van der Waals surface area contributed by atoms with Crippen LogP contribution in [0.2, 0.25) is 0 Å². The largest absolute Gasteiger partial charge is 0.393 e. The van der Waals surface area contributed by atoms with E-state index in [1.165, 1.54) is 5.57 Å². The quantitative estimate of drug-likeness (QED) is 0.137. The third-order valence-corrected chi connectivity index (χ3v) is 13.7. The Kier molecular flexibility index (Phi) is 10.3. The van der Waals surface area contributed by atoms with Gasteiger partial charge in [0.15, 0.2) is 5.78 Å². The summed E-state index contributed by atoms with van der Waals surface area (Å²) in [6.45, 7) is 6.88. The molecular weight excluding hydrogens is 683 g/mol. The van der Waals surface area contributed by atoms with Crippen LogP contribution < -0.4 is 10.2 Å². The number of hydrogen-bond acceptors (Lipinski definition) is 6. The van der Waals surface area contributed by atoms with Crippen LogP contribution in [0.3, 0.4) is 0 Å². The summed E-state index contributed by atoms with van der Waals surface area (Å²) in [5, 5.41) is 27.3. The predicted molar refractivity (Wildman–Crippen MR) is 219 cm³/mol. The minimum atomic E-state index is -1.00. The molecule has 7 nitrogen and oxygen atoms in total. The van der Waals surface area contributed by atoms with Crippen LogP contribution >= 0.6 is 0 Å². The highest BCUT2D eigenvalue weighted by atomic mass is 16.3. The van der Waals surface area contributed by atoms with Gasteiger partial charge in [0.05, 0.1) is 18.4 Å². The molecule has 3 N–H and O–H groups in total. The highest BCUT2D eigenvalue weighted by Crippen LogP contribution is 2.59. The second-order valence-electron chi connectivity index (χ2n) is 16.9. The van der Waals surface area contributed by atoms with Crippen LogP contribution in [0, 0.1) is 5.41 Å². The molecule has 2 bridgehead atoms. The molecule has 7 heteroatoms. The highest BCUT2D eigenvalue weighted by Gasteiger charge is 2.58. The van der Waals surface area contributed by atoms with Crippen molar-refractivity contribution in [1.29, 1.82) is 0 Å². The molecule has 2 heterocycles. The maximum absolute atomic E-state index is 15.0. The fourth-order valence-corrected chi connectivity index (χ4v) is 10.4. The summed E-state index contributed by atoms with van der Waals surface area (Å²) in [5.41, 5.74) is 5.36. The summed E-state index contributed by atoms with van der Waals surface area (Å²) in [5.74, 6) is 0.0182. The van der Waals surface area contributed by atoms with Gasteiger partial charge < -0.3 is 25.3 Å². The lowest BCUT2D eigenvalue weighted by Crippen LogP contribution is -2.59. The standard InChI is InChI=1S/C48H55N3O4/c1-34-12-11-24-46(2)43(23-25-48(46,55)32-50-28-26-47(27-29-50)45(54)49-33-51(47)37-15-7-4-8-16-37)40-22-20-35(30-38(52)21-19-34)31-42(40)44(53)41-18-10-9-17-39(41)36-13-5-3-6-14-36/h3-10,12-18,20,22,31,38,43,52,55H,11,19,21,23-30,32-33H2,1-2H3,(H,49,54)/t38-,43-,46-,48+/m0/s1. The van der Waals surface area contributed by atoms with Crippen LogP contribution in [0.5, 0.6) is 0 Å². The van der Waals surface area contributed by atoms with Crippen LogP contribution in [0.25, 0.3) is 11.1 Å². The Hall–Kier alpha value is -4.56. The van der Waals surface area contributed by atoms with E-state index in [4.69, 9.17) is 0 Å². The first-order valence-electron chi connectivity index (χ1n) is 20.3. The van der Waals surface area contributed by atoms with E-state index in [1.807, 2.05) is 78.9 Å². The van der Waals surface area contributed by atoms with Gasteiger partial charge in [-0.3, -0.25) is 9.59 Å². The first kappa shape index (κ1) is 37.4. The number of aliphatic hydroxyl groups excluding tert-OH is 1. The monoisotopic (exact) mass is 737 g/mol. The van der Waals surface area contributed by atoms with Gasteiger partial charge in [0.2, 0.25) is 5.91 Å². The first-order chi connectivity index (χ1) is 26.6. The lowest BCUT2D eigenvalue weighted by molar-refractivity contribution is -0.126. The second-order valence-corrected chi connectivity index (χ2v) is 16.9. The van der Waals surface area contributed by atoms with Crippen molar-refractivity contribution in [2.24, 2.45) is 5.41 Å². The van der Waals surface area contributed by atoms with Crippen LogP contribution in [-0.4, -0.2) is 70.4 Å². The van der Waals surface area contributed by atoms with Gasteiger partial charge in [0.1, 0.15) is 5.54 Å². The van der Waals surface area contributed by atoms with E-state index >= 15 is 0 Å². The molecule has 2 aliphatic heterocycles. The Morgan fingerprint density at radius 3 is 2.33 bits per heavy atom. The van der Waals surface area contributed by atoms with Crippen molar-refractivity contribution in [3.8, 4) is 11.1 Å². The maximum atomic E-state index is 15.0. The number of carbonyl (C=O) groups is 2. The van der Waals surface area contributed by atoms with E-state index in [0.29, 0.717) is 56.4 Å². The molecule has 0 radical (unpaired) electrons. The average molecular weight is 738 g/mol. The summed E-state index contributed by atoms with van der Waals surface area (Å²) < 4.78 is 0. The molecule has 9 rings (SSSR count). The van der Waals surface area contributed by atoms with Crippen LogP contribution in [-0.2, 0) is 11.2 Å². The molecule has 3 aliphatic carbocycles. The van der Waals surface area contributed by atoms with Crippen LogP contribution in [0.1, 0.15) is 98.2 Å². The van der Waals surface area contributed by atoms with E-state index in [1.54, 1.807) is 0 Å². The number of likely N-dealkylation sites (tertiary alicyclic amines) is 1. The number of nitrogens with one attached hydrogen (secondary N) is 1. The van der Waals surface area contributed by atoms with Gasteiger partial charge in [0, 0.05) is 41.9 Å². The number of fused-ring (bicyclic) bond motifs is 8. The number of aliphatic hydroxyl groups is 2. The number of β-amino-alcohol motifs (C(OH)–C–C–N with tert-alkyl or cyclic N) is 1. The average Bonchev–Trinajstić information content (AvgIpc) is 3.65. The number of benzene rings is 4. The lowest BCUT2D eigenvalue weighted by Gasteiger charge is -2.49. The van der Waals surface area contributed by atoms with Crippen LogP contribution in [0.15, 0.2) is 115 Å². The van der Waals surface area contributed by atoms with Gasteiger partial charge >= 0.3 is 0 Å². The molecule has 55 heavy (non-hydrogen) atoms. The zero-order chi connectivity index (χ0) is 38.2. The van der Waals surface area contributed by atoms with Gasteiger partial charge in [-0.1, -0.05) is 104 Å². The van der Waals surface area contributed by atoms with Crippen molar-refractivity contribution in [3.63, 3.8) is 0 Å². The molecule has 4 aromatic rings. The third kappa shape index (κ3) is 6.96. The van der Waals surface area contributed by atoms with E-state index in [0.717, 1.165) is 66.7 Å². The molecule has 1 spiro atoms. The number of anilines is 1. The molecule has 1 amide bonds. The fraction of sp³-hybridized carbons (Fsp3) is 0.417. The Bertz CT molecular complexity index is 2060. The highest BCUT2D eigenvalue weighted by molar-refractivity contribution is 6.14. The maximum Gasteiger partial charge on any atom is 0.247 e. The predicted octanol–water partition coefficient (Wildman–Crippen LogP) is 8.05. The smallest absolute Gasteiger partial charge is 0.247 e. The number of allylic oxidation sites excluding steroid dienone is 2. The Balaban J connectivity index is 1.13. The number of carbonyl (C=O) groups excluding carboxylic acids is 2. The minimum absolute atomic E-state index is 0.0226. The van der Waals surface area contributed by atoms with E-state index in [2.05, 4.69) is 59.3 Å². The molecule has 0 unspecified atom stereocenters. The summed E-state index contributed by atoms with van der Waals surface area (Å²) in [6.07, 6.45) is 8.10. The SMILES string of the molecule is CC1=CCC[C@@]2(C)[C@@H](CC[C@@]2(O)CN2CCC3(CC2)C(=O)NCN3c2ccccc2)c2ccc(cc2C(=O)c2ccccc2-c2ccccc2)C[C@@H](O)CC1. The van der Waals surface area contributed by atoms with Crippen molar-refractivity contribution in [2.45, 2.75) is 94.8 Å². The third-order valence-electron chi connectivity index (χ3n) is 13.7. The molecule has 2 saturated heterocycles. The number of para-hydroxylation sites is 1. The zero-order valence-electron chi connectivity index (χ0n) is 32.3. The van der Waals surface area contributed by atoms with Gasteiger partial charge in [-0.15, -0.1) is 0 Å². The summed E-state index contributed by atoms with van der Waals surface area (Å²) in [6, 6.07) is 34.4. The molecule has 4 atom stereocenters. The van der Waals surface area contributed by atoms with Gasteiger partial charge in [-0.2, -0.15) is 0 Å². The number of piperidine rings is 1. The number of rotatable bonds is 6. The van der Waals surface area contributed by atoms with Crippen molar-refractivity contribution in [3.05, 3.63) is 137 Å². The Morgan fingerprint density at radius 1 is 0.855 bits per heavy atom. The number of hydrogen-bond donors (Lipinski definition) is 3. The van der Waals surface area contributed by atoms with Gasteiger partial charge in [-0.25, -0.2) is 0 Å². The number of ketones is 1. The molecule has 4 aromatic carbocycles. The van der Waals surface area contributed by atoms with Crippen molar-refractivity contribution < 1.29 is 19.8 Å². The van der Waals surface area contributed by atoms with E-state index in [9.17, 15) is 19.8 Å². The molecule has 286 valence electrons. The zero-order valence-corrected chi connectivity index (χ0v) is 32.3. The second kappa shape index (κ2) is 15.2. The first-order valence-corrected chi connectivity index (χ1v) is 20.3. The minimum Gasteiger partial charge on any atom is -0.393 e. The van der Waals surface area contributed by atoms with E-state index in [-0.39, 0.29) is 17.6 Å². The van der Waals surface area contributed by atoms with Gasteiger partial charge in [-0.05, 0) is 111 Å². The fourth-order valence-electron chi connectivity index (χ4n) is 10.4. The molecule has 0 aromatic heterocycles. The topological polar surface area (TPSA) is 93.1 Å². The lowest BCUT2D eigenvalue weighted by atomic mass is 9.64. The number of amides is 1. The molecule has 1 saturated carbocycles. The van der Waals surface area contributed by atoms with E-state index < -0.39 is 22.7 Å². The molecular formula is C48H55N3O4. The normalized spacial score (nSPS) is 27.0. The van der Waals surface area contributed by atoms with Crippen molar-refractivity contribution >= 4 is 17.4 Å². The van der Waals surface area contributed by atoms with Crippen LogP contribution in [0.4, 0.5) is 5.69 Å². The number of nitrogens with zero attached hydrogens (tertiary/aromatic N) is 2. The van der Waals surface area contributed by atoms with Crippen molar-refractivity contribution in [1.82, 2.24) is 10.2 Å². The summed E-state index contributed by atoms with van der Waals surface area (Å²) in [4.78, 5) is 33.0. The van der Waals surface area contributed by atoms with Crippen molar-refractivity contribution in [2.75, 3.05) is 31.2 Å². The molecule has 3 fully saturated rings. The van der Waals surface area contributed by atoms with Gasteiger partial charge in [0.25, 0.3) is 0 Å². The Morgan fingerprint density at radius 2 is 1.56 bits per heavy atom. The summed E-state index contributed by atoms with van der Waals surface area (Å²) in [7, 11) is 0. The molecule has 5 aliphatic rings. The summed E-state index contributed by atoms with van der Waals surface area (Å²) >= 11 is 0. The Labute approximate surface area is 326 Å².